The quantitative estimate of drug-likeness (QED) is 0.839. The van der Waals surface area contributed by atoms with Crippen molar-refractivity contribution in [2.75, 3.05) is 7.05 Å². The summed E-state index contributed by atoms with van der Waals surface area (Å²) in [7, 11) is 1.94. The zero-order valence-corrected chi connectivity index (χ0v) is 11.7. The highest BCUT2D eigenvalue weighted by atomic mass is 19.1. The van der Waals surface area contributed by atoms with E-state index in [0.717, 1.165) is 29.0 Å². The van der Waals surface area contributed by atoms with Crippen LogP contribution in [0.5, 0.6) is 0 Å². The van der Waals surface area contributed by atoms with E-state index in [1.807, 2.05) is 20.9 Å². The second-order valence-corrected chi connectivity index (χ2v) is 5.70. The van der Waals surface area contributed by atoms with Gasteiger partial charge in [0.25, 0.3) is 0 Å². The zero-order valence-electron chi connectivity index (χ0n) is 11.7. The Morgan fingerprint density at radius 3 is 2.50 bits per heavy atom. The van der Waals surface area contributed by atoms with Crippen LogP contribution in [0.1, 0.15) is 54.8 Å². The van der Waals surface area contributed by atoms with Gasteiger partial charge in [0.15, 0.2) is 0 Å². The van der Waals surface area contributed by atoms with Gasteiger partial charge < -0.3 is 5.32 Å². The molecule has 2 rings (SSSR count). The van der Waals surface area contributed by atoms with Crippen molar-refractivity contribution in [2.24, 2.45) is 5.92 Å². The van der Waals surface area contributed by atoms with Crippen LogP contribution in [0.25, 0.3) is 0 Å². The van der Waals surface area contributed by atoms with Gasteiger partial charge in [0.2, 0.25) is 0 Å². The molecule has 18 heavy (non-hydrogen) atoms. The Hall–Kier alpha value is -0.890. The van der Waals surface area contributed by atoms with Crippen LogP contribution in [0.3, 0.4) is 0 Å². The van der Waals surface area contributed by atoms with Crippen LogP contribution in [0.4, 0.5) is 4.39 Å². The molecule has 1 aromatic carbocycles. The van der Waals surface area contributed by atoms with Crippen molar-refractivity contribution in [3.8, 4) is 0 Å². The Labute approximate surface area is 110 Å². The van der Waals surface area contributed by atoms with Crippen LogP contribution in [-0.2, 0) is 0 Å². The minimum Gasteiger partial charge on any atom is -0.313 e. The molecule has 0 amide bonds. The Balaban J connectivity index is 2.21. The smallest absolute Gasteiger partial charge is 0.128 e. The molecule has 1 fully saturated rings. The van der Waals surface area contributed by atoms with Gasteiger partial charge in [0.1, 0.15) is 5.82 Å². The number of aryl methyl sites for hydroxylation is 2. The fourth-order valence-corrected chi connectivity index (χ4v) is 3.33. The number of rotatable bonds is 4. The summed E-state index contributed by atoms with van der Waals surface area (Å²) in [4.78, 5) is 0. The first-order chi connectivity index (χ1) is 8.61. The largest absolute Gasteiger partial charge is 0.313 e. The van der Waals surface area contributed by atoms with Crippen molar-refractivity contribution >= 4 is 0 Å². The van der Waals surface area contributed by atoms with Crippen LogP contribution in [0.2, 0.25) is 0 Å². The summed E-state index contributed by atoms with van der Waals surface area (Å²) < 4.78 is 14.2. The summed E-state index contributed by atoms with van der Waals surface area (Å²) in [5, 5.41) is 3.31. The highest BCUT2D eigenvalue weighted by molar-refractivity contribution is 5.34. The Bertz CT molecular complexity index is 385. The maximum Gasteiger partial charge on any atom is 0.128 e. The first kappa shape index (κ1) is 13.5. The molecule has 1 aromatic rings. The molecule has 2 heteroatoms. The molecule has 0 aromatic heterocycles. The van der Waals surface area contributed by atoms with Crippen molar-refractivity contribution < 1.29 is 4.39 Å². The maximum atomic E-state index is 14.2. The number of halogens is 1. The predicted octanol–water partition coefficient (Wildman–Crippen LogP) is 4.28. The first-order valence-corrected chi connectivity index (χ1v) is 7.05. The van der Waals surface area contributed by atoms with Crippen LogP contribution in [0, 0.1) is 25.6 Å². The van der Waals surface area contributed by atoms with Crippen molar-refractivity contribution in [2.45, 2.75) is 52.0 Å². The lowest BCUT2D eigenvalue weighted by Gasteiger charge is -2.23. The molecule has 0 aliphatic heterocycles. The van der Waals surface area contributed by atoms with E-state index in [9.17, 15) is 4.39 Å². The lowest BCUT2D eigenvalue weighted by atomic mass is 9.90. The van der Waals surface area contributed by atoms with Crippen LogP contribution < -0.4 is 5.32 Å². The SMILES string of the molecule is CNC(CC1CCCC1)c1c(C)cc(C)cc1F. The molecule has 1 N–H and O–H groups in total. The maximum absolute atomic E-state index is 14.2. The van der Waals surface area contributed by atoms with Crippen molar-refractivity contribution in [3.63, 3.8) is 0 Å². The minimum absolute atomic E-state index is 0.0511. The molecule has 1 atom stereocenters. The molecule has 1 saturated carbocycles. The Kier molecular flexibility index (Phi) is 4.39. The monoisotopic (exact) mass is 249 g/mol. The van der Waals surface area contributed by atoms with Crippen LogP contribution in [0.15, 0.2) is 12.1 Å². The van der Waals surface area contributed by atoms with Gasteiger partial charge >= 0.3 is 0 Å². The van der Waals surface area contributed by atoms with E-state index in [1.165, 1.54) is 25.7 Å². The second-order valence-electron chi connectivity index (χ2n) is 5.70. The summed E-state index contributed by atoms with van der Waals surface area (Å²) >= 11 is 0. The van der Waals surface area contributed by atoms with Crippen LogP contribution in [-0.4, -0.2) is 7.05 Å². The molecule has 100 valence electrons. The van der Waals surface area contributed by atoms with Gasteiger partial charge in [-0.05, 0) is 50.4 Å². The number of nitrogens with one attached hydrogen (secondary N) is 1. The Morgan fingerprint density at radius 1 is 1.28 bits per heavy atom. The van der Waals surface area contributed by atoms with E-state index in [-0.39, 0.29) is 11.9 Å². The third kappa shape index (κ3) is 2.92. The van der Waals surface area contributed by atoms with E-state index in [0.29, 0.717) is 0 Å². The van der Waals surface area contributed by atoms with Crippen molar-refractivity contribution in [3.05, 3.63) is 34.6 Å². The van der Waals surface area contributed by atoms with E-state index in [4.69, 9.17) is 0 Å². The molecule has 1 aliphatic rings. The molecular weight excluding hydrogens is 225 g/mol. The van der Waals surface area contributed by atoms with Gasteiger partial charge in [-0.15, -0.1) is 0 Å². The number of hydrogen-bond acceptors (Lipinski definition) is 1. The molecule has 1 unspecified atom stereocenters. The molecule has 1 aliphatic carbocycles. The van der Waals surface area contributed by atoms with Crippen molar-refractivity contribution in [1.82, 2.24) is 5.32 Å². The second kappa shape index (κ2) is 5.83. The standard InChI is InChI=1S/C16H24FN/c1-11-8-12(2)16(14(17)9-11)15(18-3)10-13-6-4-5-7-13/h8-9,13,15,18H,4-7,10H2,1-3H3. The van der Waals surface area contributed by atoms with Gasteiger partial charge in [-0.2, -0.15) is 0 Å². The van der Waals surface area contributed by atoms with Gasteiger partial charge in [-0.25, -0.2) is 4.39 Å². The molecule has 1 nitrogen and oxygen atoms in total. The fourth-order valence-electron chi connectivity index (χ4n) is 3.33. The summed E-state index contributed by atoms with van der Waals surface area (Å²) in [6.45, 7) is 3.97. The fraction of sp³-hybridized carbons (Fsp3) is 0.625. The Morgan fingerprint density at radius 2 is 1.94 bits per heavy atom. The lowest BCUT2D eigenvalue weighted by Crippen LogP contribution is -2.21. The van der Waals surface area contributed by atoms with Crippen molar-refractivity contribution in [1.29, 1.82) is 0 Å². The normalized spacial score (nSPS) is 18.2. The van der Waals surface area contributed by atoms with E-state index in [1.54, 1.807) is 6.07 Å². The average molecular weight is 249 g/mol. The topological polar surface area (TPSA) is 12.0 Å². The van der Waals surface area contributed by atoms with E-state index in [2.05, 4.69) is 11.4 Å². The van der Waals surface area contributed by atoms with Gasteiger partial charge in [0, 0.05) is 11.6 Å². The van der Waals surface area contributed by atoms with Crippen LogP contribution >= 0.6 is 0 Å². The van der Waals surface area contributed by atoms with E-state index >= 15 is 0 Å². The molecule has 0 radical (unpaired) electrons. The highest BCUT2D eigenvalue weighted by Crippen LogP contribution is 2.34. The molecule has 0 saturated heterocycles. The summed E-state index contributed by atoms with van der Waals surface area (Å²) in [5.41, 5.74) is 2.95. The number of hydrogen-bond donors (Lipinski definition) is 1. The zero-order chi connectivity index (χ0) is 13.1. The third-order valence-corrected chi connectivity index (χ3v) is 4.22. The summed E-state index contributed by atoms with van der Waals surface area (Å²) in [6, 6.07) is 3.90. The molecule has 0 bridgehead atoms. The molecular formula is C16H24FN. The minimum atomic E-state index is -0.0511. The predicted molar refractivity (Wildman–Crippen MR) is 74.2 cm³/mol. The van der Waals surface area contributed by atoms with Gasteiger partial charge in [-0.3, -0.25) is 0 Å². The van der Waals surface area contributed by atoms with E-state index < -0.39 is 0 Å². The van der Waals surface area contributed by atoms with Gasteiger partial charge in [-0.1, -0.05) is 31.7 Å². The lowest BCUT2D eigenvalue weighted by molar-refractivity contribution is 0.401. The third-order valence-electron chi connectivity index (χ3n) is 4.22. The molecule has 0 spiro atoms. The number of benzene rings is 1. The summed E-state index contributed by atoms with van der Waals surface area (Å²) in [5.74, 6) is 0.715. The highest BCUT2D eigenvalue weighted by Gasteiger charge is 2.23. The van der Waals surface area contributed by atoms with Gasteiger partial charge in [0.05, 0.1) is 0 Å². The summed E-state index contributed by atoms with van der Waals surface area (Å²) in [6.07, 6.45) is 6.37. The molecule has 0 heterocycles. The average Bonchev–Trinajstić information content (AvgIpc) is 2.79. The first-order valence-electron chi connectivity index (χ1n) is 7.05.